The Hall–Kier alpha value is -2.73. The third-order valence-corrected chi connectivity index (χ3v) is 6.35. The van der Waals surface area contributed by atoms with Gasteiger partial charge in [-0.05, 0) is 49.3 Å². The second kappa shape index (κ2) is 14.1. The van der Waals surface area contributed by atoms with Crippen LogP contribution >= 0.6 is 11.6 Å². The molecule has 0 radical (unpaired) electrons. The number of carboxylic acid groups (broad SMARTS) is 1. The zero-order chi connectivity index (χ0) is 26.7. The number of allylic oxidation sites excluding steroid dienone is 8. The van der Waals surface area contributed by atoms with E-state index in [0.29, 0.717) is 37.2 Å². The number of carbonyl (C=O) groups is 2. The summed E-state index contributed by atoms with van der Waals surface area (Å²) in [6, 6.07) is 0. The lowest BCUT2D eigenvalue weighted by atomic mass is 9.92. The predicted molar refractivity (Wildman–Crippen MR) is 148 cm³/mol. The number of hydrogen-bond donors (Lipinski definition) is 2. The summed E-state index contributed by atoms with van der Waals surface area (Å²) in [5, 5.41) is 13.5. The Bertz CT molecular complexity index is 972. The number of hydrogen-bond acceptors (Lipinski definition) is 4. The summed E-state index contributed by atoms with van der Waals surface area (Å²) in [6.45, 7) is 13.3. The Labute approximate surface area is 221 Å². The van der Waals surface area contributed by atoms with Crippen molar-refractivity contribution in [3.05, 3.63) is 70.2 Å². The third kappa shape index (κ3) is 10.1. The molecule has 0 saturated carbocycles. The topological polar surface area (TPSA) is 72.9 Å². The van der Waals surface area contributed by atoms with Crippen molar-refractivity contribution in [2.75, 3.05) is 26.2 Å². The van der Waals surface area contributed by atoms with Gasteiger partial charge in [0.1, 0.15) is 5.70 Å². The summed E-state index contributed by atoms with van der Waals surface area (Å²) < 4.78 is 0. The van der Waals surface area contributed by atoms with Crippen LogP contribution in [-0.2, 0) is 9.59 Å². The number of rotatable bonds is 9. The zero-order valence-corrected chi connectivity index (χ0v) is 23.2. The summed E-state index contributed by atoms with van der Waals surface area (Å²) in [7, 11) is 0. The smallest absolute Gasteiger partial charge is 0.352 e. The monoisotopic (exact) mass is 515 g/mol. The Morgan fingerprint density at radius 1 is 1.14 bits per heavy atom. The average molecular weight is 516 g/mol. The number of amides is 1. The first-order valence-electron chi connectivity index (χ1n) is 12.8. The number of halogens is 1. The van der Waals surface area contributed by atoms with E-state index in [9.17, 15) is 14.7 Å². The normalized spacial score (nSPS) is 21.2. The molecule has 0 unspecified atom stereocenters. The summed E-state index contributed by atoms with van der Waals surface area (Å²) >= 11 is 6.06. The molecule has 1 saturated heterocycles. The highest BCUT2D eigenvalue weighted by molar-refractivity contribution is 6.29. The lowest BCUT2D eigenvalue weighted by molar-refractivity contribution is -0.133. The molecular weight excluding hydrogens is 474 g/mol. The number of nitrogens with zero attached hydrogens (tertiary/aromatic N) is 2. The maximum Gasteiger partial charge on any atom is 0.352 e. The maximum absolute atomic E-state index is 13.0. The number of piperazine rings is 1. The zero-order valence-electron chi connectivity index (χ0n) is 22.4. The van der Waals surface area contributed by atoms with E-state index in [0.717, 1.165) is 31.0 Å². The molecule has 1 aliphatic carbocycles. The Morgan fingerprint density at radius 2 is 1.81 bits per heavy atom. The van der Waals surface area contributed by atoms with Gasteiger partial charge < -0.3 is 20.2 Å². The fraction of sp³-hybridized carbons (Fsp3) is 0.517. The first kappa shape index (κ1) is 29.5. The van der Waals surface area contributed by atoms with Gasteiger partial charge in [0.25, 0.3) is 0 Å². The maximum atomic E-state index is 13.0. The molecule has 0 aromatic rings. The van der Waals surface area contributed by atoms with Gasteiger partial charge in [-0.2, -0.15) is 0 Å². The Kier molecular flexibility index (Phi) is 11.6. The fourth-order valence-corrected chi connectivity index (χ4v) is 4.21. The molecule has 2 rings (SSSR count). The molecule has 0 aromatic heterocycles. The molecule has 36 heavy (non-hydrogen) atoms. The molecule has 1 fully saturated rings. The van der Waals surface area contributed by atoms with Crippen LogP contribution in [-0.4, -0.2) is 53.0 Å². The van der Waals surface area contributed by atoms with Crippen LogP contribution in [0, 0.1) is 5.41 Å². The van der Waals surface area contributed by atoms with Gasteiger partial charge in [-0.3, -0.25) is 4.79 Å². The molecule has 0 aromatic carbocycles. The van der Waals surface area contributed by atoms with Gasteiger partial charge in [0.15, 0.2) is 0 Å². The number of aliphatic carboxylic acids is 1. The van der Waals surface area contributed by atoms with Gasteiger partial charge in [-0.1, -0.05) is 69.7 Å². The summed E-state index contributed by atoms with van der Waals surface area (Å²) in [5.74, 6) is -1.12. The average Bonchev–Trinajstić information content (AvgIpc) is 2.79. The van der Waals surface area contributed by atoms with E-state index in [1.807, 2.05) is 29.2 Å². The molecule has 1 amide bonds. The van der Waals surface area contributed by atoms with E-state index in [1.54, 1.807) is 6.92 Å². The molecule has 6 nitrogen and oxygen atoms in total. The number of carboxylic acids is 1. The standard InChI is InChI=1S/C29H42ClN3O3/c1-6-10-25(15-9-16-29(3,4)5)32-17-19-33(20-18-32)26(34)21-22(2)27(28(35)36)31-24-13-7-11-23(30)12-8-14-24/h7,9-10,12-15,31H,6,8,11,16-21H2,1-5H3,(H,35,36)/b13-7?,15-9-,23-12+,24-14+,25-10+,27-22+. The van der Waals surface area contributed by atoms with E-state index in [-0.39, 0.29) is 23.4 Å². The van der Waals surface area contributed by atoms with Crippen molar-refractivity contribution in [1.82, 2.24) is 15.1 Å². The number of nitrogens with one attached hydrogen (secondary N) is 1. The minimum absolute atomic E-state index is 0.0469. The van der Waals surface area contributed by atoms with E-state index in [1.165, 1.54) is 5.70 Å². The van der Waals surface area contributed by atoms with Crippen molar-refractivity contribution in [3.63, 3.8) is 0 Å². The molecule has 7 heteroatoms. The van der Waals surface area contributed by atoms with E-state index >= 15 is 0 Å². The minimum Gasteiger partial charge on any atom is -0.477 e. The Balaban J connectivity index is 2.01. The molecule has 0 bridgehead atoms. The second-order valence-corrected chi connectivity index (χ2v) is 11.0. The molecule has 198 valence electrons. The lowest BCUT2D eigenvalue weighted by Crippen LogP contribution is -2.48. The van der Waals surface area contributed by atoms with Crippen LogP contribution in [0.5, 0.6) is 0 Å². The Morgan fingerprint density at radius 3 is 2.42 bits per heavy atom. The van der Waals surface area contributed by atoms with Crippen LogP contribution in [0.1, 0.15) is 66.7 Å². The molecule has 0 spiro atoms. The van der Waals surface area contributed by atoms with Crippen LogP contribution in [0.4, 0.5) is 0 Å². The van der Waals surface area contributed by atoms with Crippen LogP contribution in [0.2, 0.25) is 0 Å². The van der Waals surface area contributed by atoms with Gasteiger partial charge in [-0.25, -0.2) is 4.79 Å². The third-order valence-electron chi connectivity index (χ3n) is 6.04. The predicted octanol–water partition coefficient (Wildman–Crippen LogP) is 6.11. The van der Waals surface area contributed by atoms with E-state index < -0.39 is 5.97 Å². The van der Waals surface area contributed by atoms with Gasteiger partial charge in [0.05, 0.1) is 6.42 Å². The minimum atomic E-state index is -1.08. The molecule has 2 N–H and O–H groups in total. The lowest BCUT2D eigenvalue weighted by Gasteiger charge is -2.37. The summed E-state index contributed by atoms with van der Waals surface area (Å²) in [4.78, 5) is 29.1. The largest absolute Gasteiger partial charge is 0.477 e. The second-order valence-electron chi connectivity index (χ2n) is 10.5. The quantitative estimate of drug-likeness (QED) is 0.286. The highest BCUT2D eigenvalue weighted by atomic mass is 35.5. The van der Waals surface area contributed by atoms with Crippen molar-refractivity contribution in [3.8, 4) is 0 Å². The van der Waals surface area contributed by atoms with Crippen LogP contribution in [0.25, 0.3) is 0 Å². The highest BCUT2D eigenvalue weighted by Crippen LogP contribution is 2.21. The van der Waals surface area contributed by atoms with E-state index in [4.69, 9.17) is 11.6 Å². The van der Waals surface area contributed by atoms with Crippen molar-refractivity contribution < 1.29 is 14.7 Å². The SMILES string of the molecule is CC/C=C(\C=C/CC(C)(C)C)N1CCN(C(=O)C/C(C)=C(/N/C2=C/C/C=C(/Cl)CC=C2)C(=O)O)CC1. The van der Waals surface area contributed by atoms with Gasteiger partial charge in [-0.15, -0.1) is 0 Å². The molecule has 1 aliphatic heterocycles. The molecule has 2 aliphatic rings. The number of carbonyl (C=O) groups excluding carboxylic acids is 1. The van der Waals surface area contributed by atoms with Crippen molar-refractivity contribution in [2.24, 2.45) is 5.41 Å². The van der Waals surface area contributed by atoms with Gasteiger partial charge >= 0.3 is 5.97 Å². The van der Waals surface area contributed by atoms with Gasteiger partial charge in [0.2, 0.25) is 5.91 Å². The first-order valence-corrected chi connectivity index (χ1v) is 13.2. The van der Waals surface area contributed by atoms with Crippen LogP contribution in [0.15, 0.2) is 70.2 Å². The van der Waals surface area contributed by atoms with Crippen LogP contribution in [0.3, 0.4) is 0 Å². The molecule has 1 heterocycles. The summed E-state index contributed by atoms with van der Waals surface area (Å²) in [5.41, 5.74) is 2.70. The van der Waals surface area contributed by atoms with E-state index in [2.05, 4.69) is 56.1 Å². The van der Waals surface area contributed by atoms with Crippen molar-refractivity contribution in [2.45, 2.75) is 66.7 Å². The molecular formula is C29H42ClN3O3. The first-order chi connectivity index (χ1) is 17.0. The van der Waals surface area contributed by atoms with Crippen LogP contribution < -0.4 is 5.32 Å². The molecule has 0 atom stereocenters. The van der Waals surface area contributed by atoms with Crippen molar-refractivity contribution >= 4 is 23.5 Å². The van der Waals surface area contributed by atoms with Crippen molar-refractivity contribution in [1.29, 1.82) is 0 Å². The van der Waals surface area contributed by atoms with Gasteiger partial charge in [0, 0.05) is 49.0 Å². The summed E-state index contributed by atoms with van der Waals surface area (Å²) in [6.07, 6.45) is 17.4. The fourth-order valence-electron chi connectivity index (χ4n) is 4.03. The highest BCUT2D eigenvalue weighted by Gasteiger charge is 2.23.